The Balaban J connectivity index is 1.49. The number of rotatable bonds is 7. The molecule has 1 aliphatic rings. The van der Waals surface area contributed by atoms with Crippen LogP contribution in [0.4, 0.5) is 5.69 Å². The van der Waals surface area contributed by atoms with Gasteiger partial charge in [-0.3, -0.25) is 9.97 Å². The van der Waals surface area contributed by atoms with Gasteiger partial charge in [0.1, 0.15) is 0 Å². The Morgan fingerprint density at radius 2 is 2.08 bits per heavy atom. The normalized spacial score (nSPS) is 13.8. The first-order valence-corrected chi connectivity index (χ1v) is 9.02. The van der Waals surface area contributed by atoms with Crippen LogP contribution in [0.3, 0.4) is 0 Å². The van der Waals surface area contributed by atoms with E-state index in [0.29, 0.717) is 0 Å². The van der Waals surface area contributed by atoms with Gasteiger partial charge in [-0.2, -0.15) is 5.10 Å². The van der Waals surface area contributed by atoms with Gasteiger partial charge in [0.05, 0.1) is 29.5 Å². The first-order valence-electron chi connectivity index (χ1n) is 9.02. The van der Waals surface area contributed by atoms with E-state index in [4.69, 9.17) is 0 Å². The summed E-state index contributed by atoms with van der Waals surface area (Å²) in [5.74, 6) is 0.857. The fraction of sp³-hybridized carbons (Fsp3) is 0.350. The summed E-state index contributed by atoms with van der Waals surface area (Å²) in [6.45, 7) is 3.22. The molecule has 0 bridgehead atoms. The van der Waals surface area contributed by atoms with E-state index in [1.165, 1.54) is 12.8 Å². The molecule has 1 aliphatic carbocycles. The highest BCUT2D eigenvalue weighted by molar-refractivity contribution is 5.60. The van der Waals surface area contributed by atoms with Crippen LogP contribution >= 0.6 is 0 Å². The van der Waals surface area contributed by atoms with Gasteiger partial charge in [-0.05, 0) is 49.4 Å². The zero-order valence-electron chi connectivity index (χ0n) is 14.5. The minimum Gasteiger partial charge on any atom is -0.384 e. The molecule has 5 heteroatoms. The molecule has 3 aromatic rings. The van der Waals surface area contributed by atoms with Gasteiger partial charge in [0.2, 0.25) is 0 Å². The number of aromatic nitrogens is 4. The number of nitrogens with one attached hydrogen (secondary N) is 1. The van der Waals surface area contributed by atoms with Gasteiger partial charge in [0.25, 0.3) is 0 Å². The third-order valence-corrected chi connectivity index (χ3v) is 4.50. The topological polar surface area (TPSA) is 55.6 Å². The molecule has 1 saturated carbocycles. The van der Waals surface area contributed by atoms with Gasteiger partial charge in [-0.15, -0.1) is 0 Å². The summed E-state index contributed by atoms with van der Waals surface area (Å²) in [5.41, 5.74) is 5.17. The lowest BCUT2D eigenvalue weighted by Gasteiger charge is -2.05. The van der Waals surface area contributed by atoms with E-state index in [0.717, 1.165) is 53.6 Å². The van der Waals surface area contributed by atoms with Crippen LogP contribution in [0, 0.1) is 5.92 Å². The lowest BCUT2D eigenvalue weighted by molar-refractivity contribution is 0.848. The Morgan fingerprint density at radius 3 is 2.84 bits per heavy atom. The standard InChI is InChI=1S/C20H23N5/c1-2-3-17-10-19(8-9-21-17)25-14-16(12-24-25)20-7-6-18(13-23-20)22-11-15-4-5-15/h6-10,12-15,22H,2-5,11H2,1H3. The zero-order valence-corrected chi connectivity index (χ0v) is 14.5. The molecule has 1 fully saturated rings. The zero-order chi connectivity index (χ0) is 17.1. The molecule has 0 spiro atoms. The summed E-state index contributed by atoms with van der Waals surface area (Å²) >= 11 is 0. The molecule has 1 N–H and O–H groups in total. The van der Waals surface area contributed by atoms with E-state index in [9.17, 15) is 0 Å². The second kappa shape index (κ2) is 7.05. The summed E-state index contributed by atoms with van der Waals surface area (Å²) < 4.78 is 1.89. The molecule has 0 radical (unpaired) electrons. The van der Waals surface area contributed by atoms with Crippen LogP contribution in [-0.2, 0) is 6.42 Å². The van der Waals surface area contributed by atoms with Crippen LogP contribution in [0.25, 0.3) is 16.9 Å². The largest absolute Gasteiger partial charge is 0.384 e. The van der Waals surface area contributed by atoms with Crippen molar-refractivity contribution in [2.45, 2.75) is 32.6 Å². The monoisotopic (exact) mass is 333 g/mol. The highest BCUT2D eigenvalue weighted by Crippen LogP contribution is 2.29. The van der Waals surface area contributed by atoms with Crippen molar-refractivity contribution in [3.05, 3.63) is 54.7 Å². The second-order valence-electron chi connectivity index (χ2n) is 6.69. The van der Waals surface area contributed by atoms with Crippen LogP contribution in [0.1, 0.15) is 31.9 Å². The van der Waals surface area contributed by atoms with E-state index in [1.54, 1.807) is 0 Å². The predicted octanol–water partition coefficient (Wildman–Crippen LogP) is 4.10. The van der Waals surface area contributed by atoms with Crippen molar-refractivity contribution < 1.29 is 0 Å². The van der Waals surface area contributed by atoms with E-state index < -0.39 is 0 Å². The third kappa shape index (κ3) is 3.87. The van der Waals surface area contributed by atoms with E-state index in [2.05, 4.69) is 39.4 Å². The highest BCUT2D eigenvalue weighted by Gasteiger charge is 2.20. The fourth-order valence-electron chi connectivity index (χ4n) is 2.85. The Labute approximate surface area is 148 Å². The van der Waals surface area contributed by atoms with Crippen molar-refractivity contribution in [1.82, 2.24) is 19.7 Å². The first-order chi connectivity index (χ1) is 12.3. The Kier molecular flexibility index (Phi) is 4.46. The molecule has 0 unspecified atom stereocenters. The minimum absolute atomic E-state index is 0.857. The summed E-state index contributed by atoms with van der Waals surface area (Å²) in [5, 5.41) is 7.93. The van der Waals surface area contributed by atoms with Gasteiger partial charge in [0, 0.05) is 30.2 Å². The van der Waals surface area contributed by atoms with Crippen LogP contribution in [-0.4, -0.2) is 26.3 Å². The third-order valence-electron chi connectivity index (χ3n) is 4.50. The molecule has 25 heavy (non-hydrogen) atoms. The van der Waals surface area contributed by atoms with Crippen LogP contribution in [0.5, 0.6) is 0 Å². The Morgan fingerprint density at radius 1 is 1.16 bits per heavy atom. The molecular formula is C20H23N5. The lowest BCUT2D eigenvalue weighted by atomic mass is 10.2. The summed E-state index contributed by atoms with van der Waals surface area (Å²) in [6.07, 6.45) is 12.4. The quantitative estimate of drug-likeness (QED) is 0.707. The molecule has 0 amide bonds. The SMILES string of the molecule is CCCc1cc(-n2cc(-c3ccc(NCC4CC4)cn3)cn2)ccn1. The number of aryl methyl sites for hydroxylation is 1. The Hall–Kier alpha value is -2.69. The molecule has 0 aliphatic heterocycles. The number of nitrogens with zero attached hydrogens (tertiary/aromatic N) is 4. The first kappa shape index (κ1) is 15.8. The molecule has 4 rings (SSSR count). The molecule has 3 heterocycles. The number of hydrogen-bond donors (Lipinski definition) is 1. The van der Waals surface area contributed by atoms with Crippen LogP contribution < -0.4 is 5.32 Å². The smallest absolute Gasteiger partial charge is 0.0735 e. The van der Waals surface area contributed by atoms with Crippen molar-refractivity contribution in [2.24, 2.45) is 5.92 Å². The minimum atomic E-state index is 0.857. The molecule has 0 atom stereocenters. The number of anilines is 1. The maximum Gasteiger partial charge on any atom is 0.0735 e. The average molecular weight is 333 g/mol. The van der Waals surface area contributed by atoms with Crippen LogP contribution in [0.2, 0.25) is 0 Å². The lowest BCUT2D eigenvalue weighted by Crippen LogP contribution is -2.03. The number of hydrogen-bond acceptors (Lipinski definition) is 4. The second-order valence-corrected chi connectivity index (χ2v) is 6.69. The van der Waals surface area contributed by atoms with Crippen molar-refractivity contribution in [2.75, 3.05) is 11.9 Å². The summed E-state index contributed by atoms with van der Waals surface area (Å²) in [4.78, 5) is 8.98. The van der Waals surface area contributed by atoms with E-state index in [1.807, 2.05) is 41.6 Å². The van der Waals surface area contributed by atoms with Crippen molar-refractivity contribution in [3.63, 3.8) is 0 Å². The number of pyridine rings is 2. The van der Waals surface area contributed by atoms with Crippen LogP contribution in [0.15, 0.2) is 49.1 Å². The summed E-state index contributed by atoms with van der Waals surface area (Å²) in [6, 6.07) is 8.21. The summed E-state index contributed by atoms with van der Waals surface area (Å²) in [7, 11) is 0. The van der Waals surface area contributed by atoms with E-state index in [-0.39, 0.29) is 0 Å². The van der Waals surface area contributed by atoms with Gasteiger partial charge in [-0.1, -0.05) is 13.3 Å². The highest BCUT2D eigenvalue weighted by atomic mass is 15.3. The average Bonchev–Trinajstić information content (AvgIpc) is 3.35. The maximum absolute atomic E-state index is 4.57. The Bertz CT molecular complexity index is 833. The molecule has 0 aromatic carbocycles. The molecular weight excluding hydrogens is 310 g/mol. The van der Waals surface area contributed by atoms with E-state index >= 15 is 0 Å². The van der Waals surface area contributed by atoms with Gasteiger partial charge >= 0.3 is 0 Å². The van der Waals surface area contributed by atoms with Crippen molar-refractivity contribution in [3.8, 4) is 16.9 Å². The van der Waals surface area contributed by atoms with Gasteiger partial charge in [0.15, 0.2) is 0 Å². The van der Waals surface area contributed by atoms with Crippen molar-refractivity contribution >= 4 is 5.69 Å². The molecule has 128 valence electrons. The predicted molar refractivity (Wildman–Crippen MR) is 99.8 cm³/mol. The van der Waals surface area contributed by atoms with Gasteiger partial charge < -0.3 is 5.32 Å². The van der Waals surface area contributed by atoms with Crippen molar-refractivity contribution in [1.29, 1.82) is 0 Å². The molecule has 5 nitrogen and oxygen atoms in total. The maximum atomic E-state index is 4.57. The molecule has 3 aromatic heterocycles. The van der Waals surface area contributed by atoms with Gasteiger partial charge in [-0.25, -0.2) is 4.68 Å². The molecule has 0 saturated heterocycles. The fourth-order valence-corrected chi connectivity index (χ4v) is 2.85.